The van der Waals surface area contributed by atoms with Gasteiger partial charge in [-0.25, -0.2) is 0 Å². The number of hydrogen-bond donors (Lipinski definition) is 0. The Morgan fingerprint density at radius 2 is 0.682 bits per heavy atom. The Kier molecular flexibility index (Phi) is 7.11. The zero-order chi connectivity index (χ0) is 15.0. The van der Waals surface area contributed by atoms with Crippen molar-refractivity contribution in [3.05, 3.63) is 48.5 Å². The van der Waals surface area contributed by atoms with E-state index in [1.54, 1.807) is 0 Å². The lowest BCUT2D eigenvalue weighted by Gasteiger charge is -2.24. The highest BCUT2D eigenvalue weighted by Crippen LogP contribution is 2.26. The minimum Gasteiger partial charge on any atom is -1.00 e. The lowest BCUT2D eigenvalue weighted by molar-refractivity contribution is -0.00100. The maximum absolute atomic E-state index is 2.21. The Morgan fingerprint density at radius 1 is 0.455 bits per heavy atom. The van der Waals surface area contributed by atoms with Gasteiger partial charge in [-0.05, 0) is 59.7 Å². The quantitative estimate of drug-likeness (QED) is 0.554. The molecule has 0 saturated carbocycles. The summed E-state index contributed by atoms with van der Waals surface area (Å²) in [5.41, 5.74) is 5.18. The number of rotatable bonds is 3. The number of hydrogen-bond acceptors (Lipinski definition) is 0. The first-order valence-corrected chi connectivity index (χ1v) is 7.02. The summed E-state index contributed by atoms with van der Waals surface area (Å²) >= 11 is 0. The van der Waals surface area contributed by atoms with Gasteiger partial charge in [0.25, 0.3) is 0 Å². The van der Waals surface area contributed by atoms with E-state index in [-0.39, 0.29) is 24.8 Å². The van der Waals surface area contributed by atoms with Crippen LogP contribution in [0.5, 0.6) is 0 Å². The van der Waals surface area contributed by atoms with E-state index in [4.69, 9.17) is 0 Å². The van der Waals surface area contributed by atoms with Crippen LogP contribution < -0.4 is 33.8 Å². The molecule has 0 amide bonds. The monoisotopic (exact) mass is 340 g/mol. The van der Waals surface area contributed by atoms with Gasteiger partial charge in [0.1, 0.15) is 11.4 Å². The van der Waals surface area contributed by atoms with Crippen LogP contribution in [0.2, 0.25) is 0 Å². The average Bonchev–Trinajstić information content (AvgIpc) is 2.37. The molecule has 0 aliphatic heterocycles. The van der Waals surface area contributed by atoms with Crippen molar-refractivity contribution in [2.45, 2.75) is 0 Å². The van der Waals surface area contributed by atoms with Crippen molar-refractivity contribution < 1.29 is 24.8 Å². The van der Waals surface area contributed by atoms with E-state index in [1.807, 2.05) is 0 Å². The van der Waals surface area contributed by atoms with Gasteiger partial charge >= 0.3 is 0 Å². The molecule has 0 spiro atoms. The van der Waals surface area contributed by atoms with Crippen LogP contribution in [0.25, 0.3) is 11.1 Å². The molecule has 0 heterocycles. The van der Waals surface area contributed by atoms with Gasteiger partial charge in [0, 0.05) is 0 Å². The number of halogens is 2. The first-order valence-electron chi connectivity index (χ1n) is 7.02. The second kappa shape index (κ2) is 7.47. The maximum Gasteiger partial charge on any atom is 0.132 e. The SMILES string of the molecule is C[N+](C)(C)c1ccc(-c2ccc([N+](C)(C)C)cc2)cc1.[Cl-].[Cl-]. The molecule has 0 saturated heterocycles. The van der Waals surface area contributed by atoms with E-state index in [0.717, 1.165) is 8.97 Å². The summed E-state index contributed by atoms with van der Waals surface area (Å²) in [6.45, 7) is 0. The van der Waals surface area contributed by atoms with E-state index in [2.05, 4.69) is 90.8 Å². The Bertz CT molecular complexity index is 521. The Labute approximate surface area is 147 Å². The van der Waals surface area contributed by atoms with E-state index in [1.165, 1.54) is 22.5 Å². The van der Waals surface area contributed by atoms with Crippen LogP contribution in [-0.2, 0) is 0 Å². The second-order valence-electron chi connectivity index (χ2n) is 7.12. The van der Waals surface area contributed by atoms with Crippen molar-refractivity contribution in [3.8, 4) is 11.1 Å². The van der Waals surface area contributed by atoms with Crippen LogP contribution in [0.1, 0.15) is 0 Å². The highest BCUT2D eigenvalue weighted by molar-refractivity contribution is 5.67. The van der Waals surface area contributed by atoms with E-state index < -0.39 is 0 Å². The summed E-state index contributed by atoms with van der Waals surface area (Å²) in [4.78, 5) is 0. The summed E-state index contributed by atoms with van der Waals surface area (Å²) < 4.78 is 1.70. The zero-order valence-corrected chi connectivity index (χ0v) is 15.8. The van der Waals surface area contributed by atoms with Crippen LogP contribution in [0.3, 0.4) is 0 Å². The van der Waals surface area contributed by atoms with Crippen LogP contribution in [-0.4, -0.2) is 42.3 Å². The van der Waals surface area contributed by atoms with E-state index in [9.17, 15) is 0 Å². The highest BCUT2D eigenvalue weighted by atomic mass is 35.5. The second-order valence-corrected chi connectivity index (χ2v) is 7.12. The lowest BCUT2D eigenvalue weighted by Crippen LogP contribution is -3.00. The molecule has 0 N–H and O–H groups in total. The fourth-order valence-corrected chi connectivity index (χ4v) is 2.20. The number of benzene rings is 2. The van der Waals surface area contributed by atoms with Gasteiger partial charge in [-0.15, -0.1) is 0 Å². The molecule has 2 rings (SSSR count). The average molecular weight is 341 g/mol. The minimum absolute atomic E-state index is 0. The third-order valence-corrected chi connectivity index (χ3v) is 3.62. The molecule has 0 aromatic heterocycles. The van der Waals surface area contributed by atoms with Gasteiger partial charge in [-0.3, -0.25) is 8.97 Å². The first-order chi connectivity index (χ1) is 9.18. The van der Waals surface area contributed by atoms with Crippen LogP contribution in [0, 0.1) is 0 Å². The fourth-order valence-electron chi connectivity index (χ4n) is 2.20. The summed E-state index contributed by atoms with van der Waals surface area (Å²) in [5, 5.41) is 0. The van der Waals surface area contributed by atoms with Gasteiger partial charge in [-0.2, -0.15) is 0 Å². The van der Waals surface area contributed by atoms with Crippen LogP contribution in [0.4, 0.5) is 11.4 Å². The van der Waals surface area contributed by atoms with Crippen LogP contribution in [0.15, 0.2) is 48.5 Å². The molecule has 2 nitrogen and oxygen atoms in total. The highest BCUT2D eigenvalue weighted by Gasteiger charge is 2.13. The summed E-state index contributed by atoms with van der Waals surface area (Å²) in [6, 6.07) is 17.7. The van der Waals surface area contributed by atoms with Gasteiger partial charge in [0.2, 0.25) is 0 Å². The number of quaternary nitrogens is 2. The predicted molar refractivity (Wildman–Crippen MR) is 91.0 cm³/mol. The van der Waals surface area contributed by atoms with Crippen molar-refractivity contribution in [1.29, 1.82) is 0 Å². The largest absolute Gasteiger partial charge is 1.00 e. The molecule has 4 heteroatoms. The van der Waals surface area contributed by atoms with Crippen molar-refractivity contribution in [3.63, 3.8) is 0 Å². The summed E-state index contributed by atoms with van der Waals surface area (Å²) in [7, 11) is 13.1. The first kappa shape index (κ1) is 20.9. The van der Waals surface area contributed by atoms with Crippen molar-refractivity contribution in [2.75, 3.05) is 42.3 Å². The third kappa shape index (κ3) is 4.99. The molecule has 122 valence electrons. The van der Waals surface area contributed by atoms with E-state index in [0.29, 0.717) is 0 Å². The molecule has 0 atom stereocenters. The van der Waals surface area contributed by atoms with Crippen molar-refractivity contribution in [1.82, 2.24) is 8.97 Å². The molecule has 0 aliphatic rings. The molecule has 2 aromatic rings. The molecule has 0 radical (unpaired) electrons. The standard InChI is InChI=1S/C18H26N2.2ClH/c1-19(2,3)17-11-7-15(8-12-17)16-9-13-18(14-10-16)20(4,5)6;;/h7-14H,1-6H3;2*1H/q+2;;/p-2. The number of nitrogens with zero attached hydrogens (tertiary/aromatic N) is 2. The van der Waals surface area contributed by atoms with Crippen molar-refractivity contribution >= 4 is 11.4 Å². The Balaban J connectivity index is 0.00000220. The molecule has 0 bridgehead atoms. The normalized spacial score (nSPS) is 11.4. The van der Waals surface area contributed by atoms with Gasteiger partial charge in [-0.1, -0.05) is 0 Å². The Hall–Kier alpha value is -1.06. The van der Waals surface area contributed by atoms with Gasteiger partial charge in [0.05, 0.1) is 42.3 Å². The minimum atomic E-state index is 0. The Morgan fingerprint density at radius 3 is 0.864 bits per heavy atom. The summed E-state index contributed by atoms with van der Waals surface area (Å²) in [6.07, 6.45) is 0. The maximum atomic E-state index is 2.21. The van der Waals surface area contributed by atoms with Gasteiger partial charge in [0.15, 0.2) is 0 Å². The van der Waals surface area contributed by atoms with Crippen LogP contribution >= 0.6 is 0 Å². The predicted octanol–water partition coefficient (Wildman–Crippen LogP) is -2.24. The smallest absolute Gasteiger partial charge is 0.132 e. The molecule has 2 aromatic carbocycles. The molecular formula is C18H26Cl2N2. The molecule has 0 aliphatic carbocycles. The molecule has 0 unspecified atom stereocenters. The van der Waals surface area contributed by atoms with E-state index >= 15 is 0 Å². The summed E-state index contributed by atoms with van der Waals surface area (Å²) in [5.74, 6) is 0. The van der Waals surface area contributed by atoms with Crippen molar-refractivity contribution in [2.24, 2.45) is 0 Å². The lowest BCUT2D eigenvalue weighted by atomic mass is 10.0. The molecule has 22 heavy (non-hydrogen) atoms. The molecular weight excluding hydrogens is 315 g/mol. The topological polar surface area (TPSA) is 0 Å². The third-order valence-electron chi connectivity index (χ3n) is 3.62. The zero-order valence-electron chi connectivity index (χ0n) is 14.3. The fraction of sp³-hybridized carbons (Fsp3) is 0.333. The molecule has 0 fully saturated rings. The van der Waals surface area contributed by atoms with Gasteiger partial charge < -0.3 is 24.8 Å².